The number of methoxy groups -OCH3 is 1. The fraction of sp³-hybridized carbons (Fsp3) is 0.389. The van der Waals surface area contributed by atoms with Gasteiger partial charge in [-0.3, -0.25) is 4.79 Å². The zero-order valence-corrected chi connectivity index (χ0v) is 16.3. The summed E-state index contributed by atoms with van der Waals surface area (Å²) < 4.78 is 7.44. The average Bonchev–Trinajstić information content (AvgIpc) is 2.95. The van der Waals surface area contributed by atoms with Crippen molar-refractivity contribution >= 4 is 27.8 Å². The zero-order chi connectivity index (χ0) is 18.6. The van der Waals surface area contributed by atoms with Gasteiger partial charge in [-0.1, -0.05) is 29.8 Å². The number of hydrogen-bond donors (Lipinski definition) is 1. The standard InChI is InChI=1S/C18H22BrN3O3/c1-11(2)9-16(18(24)25-4)21-17(23)15-10-20-22(12(15)3)14-7-5-13(19)6-8-14/h5-8,10-11,16H,9H2,1-4H3,(H,21,23). The maximum atomic E-state index is 12.6. The predicted molar refractivity (Wildman–Crippen MR) is 98.7 cm³/mol. The van der Waals surface area contributed by atoms with Crippen LogP contribution in [0.1, 0.15) is 36.3 Å². The molecule has 0 saturated carbocycles. The van der Waals surface area contributed by atoms with E-state index in [9.17, 15) is 9.59 Å². The van der Waals surface area contributed by atoms with Gasteiger partial charge in [-0.05, 0) is 43.5 Å². The van der Waals surface area contributed by atoms with E-state index >= 15 is 0 Å². The van der Waals surface area contributed by atoms with Gasteiger partial charge in [-0.15, -0.1) is 0 Å². The largest absolute Gasteiger partial charge is 0.467 e. The lowest BCUT2D eigenvalue weighted by Crippen LogP contribution is -2.42. The first-order chi connectivity index (χ1) is 11.8. The Morgan fingerprint density at radius 1 is 1.28 bits per heavy atom. The van der Waals surface area contributed by atoms with E-state index in [2.05, 4.69) is 26.3 Å². The molecule has 1 aromatic heterocycles. The topological polar surface area (TPSA) is 73.2 Å². The van der Waals surface area contributed by atoms with Crippen LogP contribution in [0.15, 0.2) is 34.9 Å². The van der Waals surface area contributed by atoms with E-state index in [0.717, 1.165) is 10.2 Å². The molecule has 0 fully saturated rings. The summed E-state index contributed by atoms with van der Waals surface area (Å²) in [6, 6.07) is 6.95. The molecule has 1 heterocycles. The van der Waals surface area contributed by atoms with Crippen molar-refractivity contribution in [3.63, 3.8) is 0 Å². The molecule has 0 aliphatic rings. The molecule has 134 valence electrons. The predicted octanol–water partition coefficient (Wildman–Crippen LogP) is 3.26. The summed E-state index contributed by atoms with van der Waals surface area (Å²) in [6.45, 7) is 5.79. The summed E-state index contributed by atoms with van der Waals surface area (Å²) >= 11 is 3.39. The minimum Gasteiger partial charge on any atom is -0.467 e. The molecule has 0 aliphatic heterocycles. The highest BCUT2D eigenvalue weighted by atomic mass is 79.9. The molecule has 2 aromatic rings. The van der Waals surface area contributed by atoms with Crippen molar-refractivity contribution in [3.05, 3.63) is 46.2 Å². The highest BCUT2D eigenvalue weighted by Crippen LogP contribution is 2.17. The highest BCUT2D eigenvalue weighted by molar-refractivity contribution is 9.10. The summed E-state index contributed by atoms with van der Waals surface area (Å²) in [5.41, 5.74) is 1.99. The van der Waals surface area contributed by atoms with Crippen LogP contribution in [0.2, 0.25) is 0 Å². The van der Waals surface area contributed by atoms with Crippen LogP contribution in [-0.4, -0.2) is 34.8 Å². The maximum Gasteiger partial charge on any atom is 0.328 e. The Bertz CT molecular complexity index is 753. The molecule has 1 unspecified atom stereocenters. The van der Waals surface area contributed by atoms with Crippen LogP contribution < -0.4 is 5.32 Å². The smallest absolute Gasteiger partial charge is 0.328 e. The zero-order valence-electron chi connectivity index (χ0n) is 14.7. The van der Waals surface area contributed by atoms with Gasteiger partial charge in [0.2, 0.25) is 0 Å². The lowest BCUT2D eigenvalue weighted by Gasteiger charge is -2.18. The summed E-state index contributed by atoms with van der Waals surface area (Å²) in [7, 11) is 1.32. The minimum absolute atomic E-state index is 0.246. The average molecular weight is 408 g/mol. The summed E-state index contributed by atoms with van der Waals surface area (Å²) in [5, 5.41) is 7.05. The van der Waals surface area contributed by atoms with Crippen molar-refractivity contribution in [2.24, 2.45) is 5.92 Å². The fourth-order valence-corrected chi connectivity index (χ4v) is 2.80. The number of hydrogen-bond acceptors (Lipinski definition) is 4. The van der Waals surface area contributed by atoms with Gasteiger partial charge >= 0.3 is 5.97 Å². The van der Waals surface area contributed by atoms with Gasteiger partial charge in [0.25, 0.3) is 5.91 Å². The van der Waals surface area contributed by atoms with E-state index < -0.39 is 12.0 Å². The molecule has 1 atom stereocenters. The third kappa shape index (κ3) is 4.69. The van der Waals surface area contributed by atoms with E-state index in [4.69, 9.17) is 4.74 Å². The Morgan fingerprint density at radius 3 is 2.48 bits per heavy atom. The second kappa shape index (κ2) is 8.29. The first kappa shape index (κ1) is 19.2. The monoisotopic (exact) mass is 407 g/mol. The van der Waals surface area contributed by atoms with Crippen molar-refractivity contribution < 1.29 is 14.3 Å². The van der Waals surface area contributed by atoms with Crippen LogP contribution in [0.4, 0.5) is 0 Å². The summed E-state index contributed by atoms with van der Waals surface area (Å²) in [5.74, 6) is -0.534. The van der Waals surface area contributed by atoms with Crippen LogP contribution in [0.3, 0.4) is 0 Å². The number of carbonyl (C=O) groups excluding carboxylic acids is 2. The third-order valence-electron chi connectivity index (χ3n) is 3.82. The van der Waals surface area contributed by atoms with E-state index in [1.807, 2.05) is 45.0 Å². The molecule has 0 bridgehead atoms. The van der Waals surface area contributed by atoms with Gasteiger partial charge in [-0.2, -0.15) is 5.10 Å². The Balaban J connectivity index is 2.22. The lowest BCUT2D eigenvalue weighted by atomic mass is 10.0. The number of esters is 1. The van der Waals surface area contributed by atoms with Gasteiger partial charge in [0.05, 0.1) is 30.3 Å². The Hall–Kier alpha value is -2.15. The van der Waals surface area contributed by atoms with Crippen molar-refractivity contribution in [1.82, 2.24) is 15.1 Å². The first-order valence-electron chi connectivity index (χ1n) is 8.02. The van der Waals surface area contributed by atoms with E-state index in [1.54, 1.807) is 4.68 Å². The fourth-order valence-electron chi connectivity index (χ4n) is 2.54. The number of rotatable bonds is 6. The summed E-state index contributed by atoms with van der Waals surface area (Å²) in [4.78, 5) is 24.5. The van der Waals surface area contributed by atoms with Crippen molar-refractivity contribution in [2.75, 3.05) is 7.11 Å². The van der Waals surface area contributed by atoms with Crippen LogP contribution in [0, 0.1) is 12.8 Å². The van der Waals surface area contributed by atoms with Gasteiger partial charge in [0, 0.05) is 4.47 Å². The number of halogens is 1. The third-order valence-corrected chi connectivity index (χ3v) is 4.35. The van der Waals surface area contributed by atoms with Gasteiger partial charge in [-0.25, -0.2) is 9.48 Å². The van der Waals surface area contributed by atoms with Gasteiger partial charge < -0.3 is 10.1 Å². The molecule has 1 N–H and O–H groups in total. The molecular weight excluding hydrogens is 386 g/mol. The minimum atomic E-state index is -0.673. The number of aromatic nitrogens is 2. The van der Waals surface area contributed by atoms with E-state index in [0.29, 0.717) is 17.7 Å². The van der Waals surface area contributed by atoms with Gasteiger partial charge in [0.15, 0.2) is 0 Å². The van der Waals surface area contributed by atoms with Crippen LogP contribution in [0.5, 0.6) is 0 Å². The molecule has 0 saturated heterocycles. The molecule has 6 nitrogen and oxygen atoms in total. The number of carbonyl (C=O) groups is 2. The maximum absolute atomic E-state index is 12.6. The molecule has 0 radical (unpaired) electrons. The quantitative estimate of drug-likeness (QED) is 0.745. The Morgan fingerprint density at radius 2 is 1.92 bits per heavy atom. The second-order valence-corrected chi connectivity index (χ2v) is 7.13. The lowest BCUT2D eigenvalue weighted by molar-refractivity contribution is -0.143. The second-order valence-electron chi connectivity index (χ2n) is 6.21. The molecule has 25 heavy (non-hydrogen) atoms. The molecule has 2 rings (SSSR count). The number of nitrogens with zero attached hydrogens (tertiary/aromatic N) is 2. The SMILES string of the molecule is COC(=O)C(CC(C)C)NC(=O)c1cnn(-c2ccc(Br)cc2)c1C. The Labute approximate surface area is 155 Å². The van der Waals surface area contributed by atoms with Crippen LogP contribution in [-0.2, 0) is 9.53 Å². The molecular formula is C18H22BrN3O3. The highest BCUT2D eigenvalue weighted by Gasteiger charge is 2.25. The molecule has 0 spiro atoms. The Kier molecular flexibility index (Phi) is 6.36. The number of benzene rings is 1. The van der Waals surface area contributed by atoms with Crippen LogP contribution >= 0.6 is 15.9 Å². The normalized spacial score (nSPS) is 12.1. The van der Waals surface area contributed by atoms with Crippen LogP contribution in [0.25, 0.3) is 5.69 Å². The molecule has 0 aliphatic carbocycles. The van der Waals surface area contributed by atoms with Gasteiger partial charge in [0.1, 0.15) is 6.04 Å². The van der Waals surface area contributed by atoms with Crippen molar-refractivity contribution in [2.45, 2.75) is 33.2 Å². The molecule has 1 aromatic carbocycles. The number of amides is 1. The number of ether oxygens (including phenoxy) is 1. The van der Waals surface area contributed by atoms with E-state index in [-0.39, 0.29) is 11.8 Å². The van der Waals surface area contributed by atoms with Crippen molar-refractivity contribution in [3.8, 4) is 5.69 Å². The first-order valence-corrected chi connectivity index (χ1v) is 8.82. The number of nitrogens with one attached hydrogen (secondary N) is 1. The molecule has 7 heteroatoms. The summed E-state index contributed by atoms with van der Waals surface area (Å²) in [6.07, 6.45) is 2.02. The van der Waals surface area contributed by atoms with Crippen molar-refractivity contribution in [1.29, 1.82) is 0 Å². The molecule has 1 amide bonds. The van der Waals surface area contributed by atoms with E-state index in [1.165, 1.54) is 13.3 Å².